The van der Waals surface area contributed by atoms with Gasteiger partial charge in [0.05, 0.1) is 31.5 Å². The first-order valence-electron chi connectivity index (χ1n) is 8.55. The number of aryl methyl sites for hydroxylation is 2. The van der Waals surface area contributed by atoms with Crippen molar-refractivity contribution >= 4 is 11.6 Å². The number of aromatic nitrogens is 2. The number of imidazole rings is 1. The summed E-state index contributed by atoms with van der Waals surface area (Å²) in [4.78, 5) is 16.8. The molecular weight excluding hydrogens is 330 g/mol. The van der Waals surface area contributed by atoms with Gasteiger partial charge >= 0.3 is 0 Å². The third-order valence-electron chi connectivity index (χ3n) is 4.22. The molecule has 0 fully saturated rings. The monoisotopic (exact) mass is 353 g/mol. The van der Waals surface area contributed by atoms with Crippen LogP contribution >= 0.6 is 0 Å². The van der Waals surface area contributed by atoms with Crippen LogP contribution in [0.4, 0.5) is 0 Å². The first kappa shape index (κ1) is 17.8. The maximum atomic E-state index is 12.3. The largest absolute Gasteiger partial charge is 0.497 e. The van der Waals surface area contributed by atoms with Crippen LogP contribution in [0.2, 0.25) is 0 Å². The van der Waals surface area contributed by atoms with Crippen LogP contribution in [0.5, 0.6) is 11.5 Å². The molecule has 0 spiro atoms. The van der Waals surface area contributed by atoms with Crippen molar-refractivity contribution in [1.82, 2.24) is 14.7 Å². The van der Waals surface area contributed by atoms with E-state index in [1.54, 1.807) is 7.11 Å². The molecule has 3 rings (SSSR count). The van der Waals surface area contributed by atoms with Crippen molar-refractivity contribution in [1.29, 1.82) is 0 Å². The number of carbonyl (C=O) groups excluding carboxylic acids is 1. The van der Waals surface area contributed by atoms with Crippen LogP contribution in [0.1, 0.15) is 17.0 Å². The standard InChI is InChI=1S/C20H23N3O3/c1-14-5-4-11-23-18(15(2)22-20(14)23)13-19(24)21-10-12-26-17-8-6-16(25-3)7-9-17/h4-9,11H,10,12-13H2,1-3H3,(H,21,24). The average Bonchev–Trinajstić information content (AvgIpc) is 2.96. The number of pyridine rings is 1. The van der Waals surface area contributed by atoms with Crippen molar-refractivity contribution in [2.24, 2.45) is 0 Å². The van der Waals surface area contributed by atoms with E-state index in [1.807, 2.05) is 60.8 Å². The molecule has 1 aromatic carbocycles. The topological polar surface area (TPSA) is 64.9 Å². The van der Waals surface area contributed by atoms with Crippen LogP contribution < -0.4 is 14.8 Å². The Kier molecular flexibility index (Phi) is 5.41. The quantitative estimate of drug-likeness (QED) is 0.663. The Morgan fingerprint density at radius 2 is 1.88 bits per heavy atom. The fraction of sp³-hybridized carbons (Fsp3) is 0.300. The van der Waals surface area contributed by atoms with Crippen molar-refractivity contribution in [3.63, 3.8) is 0 Å². The summed E-state index contributed by atoms with van der Waals surface area (Å²) in [5, 5.41) is 2.89. The summed E-state index contributed by atoms with van der Waals surface area (Å²) in [6.45, 7) is 4.80. The molecule has 0 bridgehead atoms. The van der Waals surface area contributed by atoms with E-state index in [0.717, 1.165) is 34.1 Å². The van der Waals surface area contributed by atoms with Gasteiger partial charge in [-0.05, 0) is 49.7 Å². The van der Waals surface area contributed by atoms with Gasteiger partial charge in [0.15, 0.2) is 0 Å². The summed E-state index contributed by atoms with van der Waals surface area (Å²) in [5.41, 5.74) is 3.78. The fourth-order valence-electron chi connectivity index (χ4n) is 2.83. The second kappa shape index (κ2) is 7.91. The summed E-state index contributed by atoms with van der Waals surface area (Å²) in [5.74, 6) is 1.48. The van der Waals surface area contributed by atoms with Gasteiger partial charge < -0.3 is 19.2 Å². The number of hydrogen-bond acceptors (Lipinski definition) is 4. The molecule has 1 N–H and O–H groups in total. The van der Waals surface area contributed by atoms with E-state index in [-0.39, 0.29) is 5.91 Å². The molecule has 1 amide bonds. The zero-order valence-corrected chi connectivity index (χ0v) is 15.3. The molecule has 0 saturated heterocycles. The highest BCUT2D eigenvalue weighted by Crippen LogP contribution is 2.17. The Hall–Kier alpha value is -3.02. The van der Waals surface area contributed by atoms with Gasteiger partial charge in [-0.3, -0.25) is 4.79 Å². The van der Waals surface area contributed by atoms with Crippen LogP contribution in [0.3, 0.4) is 0 Å². The van der Waals surface area contributed by atoms with E-state index in [0.29, 0.717) is 19.6 Å². The summed E-state index contributed by atoms with van der Waals surface area (Å²) in [6.07, 6.45) is 2.23. The van der Waals surface area contributed by atoms with Gasteiger partial charge in [-0.1, -0.05) is 6.07 Å². The summed E-state index contributed by atoms with van der Waals surface area (Å²) >= 11 is 0. The lowest BCUT2D eigenvalue weighted by Crippen LogP contribution is -2.30. The Bertz CT molecular complexity index is 901. The molecule has 136 valence electrons. The van der Waals surface area contributed by atoms with E-state index in [2.05, 4.69) is 10.3 Å². The van der Waals surface area contributed by atoms with Crippen LogP contribution in [0.15, 0.2) is 42.6 Å². The minimum atomic E-state index is -0.0465. The normalized spacial score (nSPS) is 10.7. The Morgan fingerprint density at radius 3 is 2.62 bits per heavy atom. The molecule has 6 nitrogen and oxygen atoms in total. The average molecular weight is 353 g/mol. The highest BCUT2D eigenvalue weighted by Gasteiger charge is 2.13. The minimum Gasteiger partial charge on any atom is -0.497 e. The first-order valence-corrected chi connectivity index (χ1v) is 8.55. The SMILES string of the molecule is COc1ccc(OCCNC(=O)Cc2c(C)nc3c(C)cccn23)cc1. The van der Waals surface area contributed by atoms with Gasteiger partial charge in [0.2, 0.25) is 5.91 Å². The first-order chi connectivity index (χ1) is 12.6. The van der Waals surface area contributed by atoms with Crippen LogP contribution in [0, 0.1) is 13.8 Å². The molecular formula is C20H23N3O3. The fourth-order valence-corrected chi connectivity index (χ4v) is 2.83. The van der Waals surface area contributed by atoms with Crippen molar-refractivity contribution < 1.29 is 14.3 Å². The van der Waals surface area contributed by atoms with E-state index >= 15 is 0 Å². The van der Waals surface area contributed by atoms with E-state index in [4.69, 9.17) is 9.47 Å². The number of benzene rings is 1. The van der Waals surface area contributed by atoms with Gasteiger partial charge in [-0.2, -0.15) is 0 Å². The molecule has 0 saturated carbocycles. The zero-order valence-electron chi connectivity index (χ0n) is 15.3. The lowest BCUT2D eigenvalue weighted by Gasteiger charge is -2.09. The summed E-state index contributed by atoms with van der Waals surface area (Å²) in [6, 6.07) is 11.3. The predicted octanol–water partition coefficient (Wildman–Crippen LogP) is 2.70. The number of carbonyl (C=O) groups is 1. The van der Waals surface area contributed by atoms with Gasteiger partial charge in [0.1, 0.15) is 23.8 Å². The molecule has 6 heteroatoms. The molecule has 0 aliphatic heterocycles. The molecule has 0 unspecified atom stereocenters. The summed E-state index contributed by atoms with van der Waals surface area (Å²) < 4.78 is 12.7. The second-order valence-corrected chi connectivity index (χ2v) is 6.08. The number of fused-ring (bicyclic) bond motifs is 1. The van der Waals surface area contributed by atoms with Crippen molar-refractivity contribution in [3.8, 4) is 11.5 Å². The Labute approximate surface area is 152 Å². The third-order valence-corrected chi connectivity index (χ3v) is 4.22. The number of rotatable bonds is 7. The van der Waals surface area contributed by atoms with Crippen molar-refractivity contribution in [2.75, 3.05) is 20.3 Å². The molecule has 2 heterocycles. The van der Waals surface area contributed by atoms with Gasteiger partial charge in [0, 0.05) is 6.20 Å². The lowest BCUT2D eigenvalue weighted by molar-refractivity contribution is -0.120. The Balaban J connectivity index is 1.51. The lowest BCUT2D eigenvalue weighted by atomic mass is 10.2. The maximum Gasteiger partial charge on any atom is 0.226 e. The molecule has 0 aliphatic carbocycles. The van der Waals surface area contributed by atoms with Gasteiger partial charge in [-0.25, -0.2) is 4.98 Å². The molecule has 2 aromatic heterocycles. The second-order valence-electron chi connectivity index (χ2n) is 6.08. The third kappa shape index (κ3) is 3.96. The highest BCUT2D eigenvalue weighted by molar-refractivity contribution is 5.78. The van der Waals surface area contributed by atoms with Crippen molar-refractivity contribution in [2.45, 2.75) is 20.3 Å². The molecule has 0 aliphatic rings. The number of amides is 1. The minimum absolute atomic E-state index is 0.0465. The highest BCUT2D eigenvalue weighted by atomic mass is 16.5. The molecule has 0 atom stereocenters. The van der Waals surface area contributed by atoms with Gasteiger partial charge in [0.25, 0.3) is 0 Å². The summed E-state index contributed by atoms with van der Waals surface area (Å²) in [7, 11) is 1.62. The molecule has 3 aromatic rings. The van der Waals surface area contributed by atoms with E-state index in [1.165, 1.54) is 0 Å². The van der Waals surface area contributed by atoms with Crippen LogP contribution in [0.25, 0.3) is 5.65 Å². The molecule has 26 heavy (non-hydrogen) atoms. The number of ether oxygens (including phenoxy) is 2. The van der Waals surface area contributed by atoms with Crippen LogP contribution in [-0.4, -0.2) is 35.6 Å². The van der Waals surface area contributed by atoms with Crippen molar-refractivity contribution in [3.05, 3.63) is 59.5 Å². The number of hydrogen-bond donors (Lipinski definition) is 1. The maximum absolute atomic E-state index is 12.3. The van der Waals surface area contributed by atoms with E-state index < -0.39 is 0 Å². The number of nitrogens with one attached hydrogen (secondary N) is 1. The predicted molar refractivity (Wildman–Crippen MR) is 99.9 cm³/mol. The van der Waals surface area contributed by atoms with E-state index in [9.17, 15) is 4.79 Å². The van der Waals surface area contributed by atoms with Gasteiger partial charge in [-0.15, -0.1) is 0 Å². The Morgan fingerprint density at radius 1 is 1.15 bits per heavy atom. The van der Waals surface area contributed by atoms with Crippen LogP contribution in [-0.2, 0) is 11.2 Å². The smallest absolute Gasteiger partial charge is 0.226 e. The number of methoxy groups -OCH3 is 1. The zero-order chi connectivity index (χ0) is 18.5. The molecule has 0 radical (unpaired) electrons. The number of nitrogens with zero attached hydrogens (tertiary/aromatic N) is 2.